The van der Waals surface area contributed by atoms with Crippen LogP contribution in [0.1, 0.15) is 42.9 Å². The molecule has 2 heterocycles. The summed E-state index contributed by atoms with van der Waals surface area (Å²) in [5.74, 6) is -9.65. The van der Waals surface area contributed by atoms with Crippen LogP contribution in [-0.2, 0) is 14.4 Å². The number of rotatable bonds is 7. The molecule has 14 heteroatoms. The summed E-state index contributed by atoms with van der Waals surface area (Å²) < 4.78 is 60.6. The van der Waals surface area contributed by atoms with E-state index in [1.807, 2.05) is 0 Å². The number of amides is 3. The quantitative estimate of drug-likeness (QED) is 0.385. The van der Waals surface area contributed by atoms with E-state index in [-0.39, 0.29) is 34.9 Å². The van der Waals surface area contributed by atoms with Crippen LogP contribution in [0.3, 0.4) is 0 Å². The van der Waals surface area contributed by atoms with Gasteiger partial charge in [-0.2, -0.15) is 5.26 Å². The van der Waals surface area contributed by atoms with Crippen molar-refractivity contribution in [2.45, 2.75) is 49.1 Å². The van der Waals surface area contributed by atoms with Gasteiger partial charge in [0.25, 0.3) is 11.8 Å². The maximum atomic E-state index is 14.2. The molecule has 0 radical (unpaired) electrons. The van der Waals surface area contributed by atoms with Gasteiger partial charge in [-0.25, -0.2) is 27.4 Å². The number of carbonyl (C=O) groups excluding carboxylic acids is 3. The van der Waals surface area contributed by atoms with E-state index in [0.29, 0.717) is 6.07 Å². The number of aromatic nitrogens is 1. The first-order valence-electron chi connectivity index (χ1n) is 12.3. The van der Waals surface area contributed by atoms with Crippen molar-refractivity contribution in [3.05, 3.63) is 76.6 Å². The zero-order valence-corrected chi connectivity index (χ0v) is 21.7. The summed E-state index contributed by atoms with van der Waals surface area (Å²) in [6, 6.07) is 8.46. The lowest BCUT2D eigenvalue weighted by molar-refractivity contribution is -0.136. The smallest absolute Gasteiger partial charge is 0.306 e. The van der Waals surface area contributed by atoms with Gasteiger partial charge in [-0.15, -0.1) is 0 Å². The lowest BCUT2D eigenvalue weighted by Gasteiger charge is -2.42. The summed E-state index contributed by atoms with van der Waals surface area (Å²) in [7, 11) is 0. The van der Waals surface area contributed by atoms with E-state index >= 15 is 0 Å². The van der Waals surface area contributed by atoms with Crippen molar-refractivity contribution in [3.8, 4) is 6.07 Å². The number of nitrogens with one attached hydrogen (secondary N) is 2. The summed E-state index contributed by atoms with van der Waals surface area (Å²) in [6.45, 7) is 0. The molecule has 3 aromatic rings. The first-order chi connectivity index (χ1) is 19.4. The van der Waals surface area contributed by atoms with E-state index in [4.69, 9.17) is 16.0 Å². The number of hydrogen-bond donors (Lipinski definition) is 2. The second-order valence-electron chi connectivity index (χ2n) is 9.81. The standard InChI is InChI=1S/C27H20ClF4N5O4/c28-20-4-2-1-3-19(20)22(23(39)35-17-10-26(31,32)11-17)27(24(40)36-16-8-14(29)7-15(30)9-16)6-5-21(38)37(27)25-34-13-18(12-33)41-25/h1-4,7-9,13,17,22H,5-6,10-11H2,(H,35,39)(H,36,40)/t22-,27?/m1/s1. The monoisotopic (exact) mass is 589 g/mol. The van der Waals surface area contributed by atoms with Gasteiger partial charge < -0.3 is 15.1 Å². The van der Waals surface area contributed by atoms with E-state index in [1.54, 1.807) is 12.1 Å². The minimum atomic E-state index is -2.98. The van der Waals surface area contributed by atoms with Gasteiger partial charge in [0.05, 0.1) is 12.1 Å². The Kier molecular flexibility index (Phi) is 7.21. The second kappa shape index (κ2) is 10.5. The topological polar surface area (TPSA) is 128 Å². The first-order valence-corrected chi connectivity index (χ1v) is 12.7. The minimum Gasteiger partial charge on any atom is -0.412 e. The maximum Gasteiger partial charge on any atom is 0.306 e. The SMILES string of the molecule is N#Cc1cnc(N2C(=O)CCC2(C(=O)Nc2cc(F)cc(F)c2)[C@@H](C(=O)NC2CC(F)(F)C2)c2ccccc2Cl)o1. The van der Waals surface area contributed by atoms with Crippen molar-refractivity contribution in [3.63, 3.8) is 0 Å². The van der Waals surface area contributed by atoms with Crippen LogP contribution in [0, 0.1) is 23.0 Å². The molecule has 0 spiro atoms. The molecule has 2 atom stereocenters. The minimum absolute atomic E-state index is 0.0139. The van der Waals surface area contributed by atoms with Crippen LogP contribution < -0.4 is 15.5 Å². The Morgan fingerprint density at radius 1 is 1.17 bits per heavy atom. The third-order valence-corrected chi connectivity index (χ3v) is 7.41. The van der Waals surface area contributed by atoms with E-state index in [2.05, 4.69) is 15.6 Å². The van der Waals surface area contributed by atoms with Crippen LogP contribution in [0.4, 0.5) is 29.3 Å². The summed E-state index contributed by atoms with van der Waals surface area (Å²) in [6.07, 6.45) is -0.922. The number of hydrogen-bond acceptors (Lipinski definition) is 6. The molecular formula is C27H20ClF4N5O4. The van der Waals surface area contributed by atoms with Crippen molar-refractivity contribution in [2.75, 3.05) is 10.2 Å². The molecule has 9 nitrogen and oxygen atoms in total. The number of carbonyl (C=O) groups is 3. The number of oxazole rings is 1. The highest BCUT2D eigenvalue weighted by Gasteiger charge is 2.62. The number of nitrogens with zero attached hydrogens (tertiary/aromatic N) is 3. The Balaban J connectivity index is 1.68. The van der Waals surface area contributed by atoms with E-state index in [1.165, 1.54) is 18.2 Å². The zero-order chi connectivity index (χ0) is 29.5. The molecule has 1 aliphatic heterocycles. The molecule has 0 bridgehead atoms. The third-order valence-electron chi connectivity index (χ3n) is 7.07. The fourth-order valence-corrected chi connectivity index (χ4v) is 5.54. The number of anilines is 2. The molecule has 2 aliphatic rings. The van der Waals surface area contributed by atoms with Crippen molar-refractivity contribution < 1.29 is 36.4 Å². The van der Waals surface area contributed by atoms with Crippen molar-refractivity contribution in [1.82, 2.24) is 10.3 Å². The maximum absolute atomic E-state index is 14.2. The van der Waals surface area contributed by atoms with Gasteiger partial charge in [0.15, 0.2) is 0 Å². The van der Waals surface area contributed by atoms with Gasteiger partial charge in [-0.1, -0.05) is 29.8 Å². The molecular weight excluding hydrogens is 570 g/mol. The second-order valence-corrected chi connectivity index (χ2v) is 10.2. The highest BCUT2D eigenvalue weighted by atomic mass is 35.5. The van der Waals surface area contributed by atoms with Crippen LogP contribution >= 0.6 is 11.6 Å². The van der Waals surface area contributed by atoms with Crippen molar-refractivity contribution >= 4 is 41.0 Å². The predicted octanol–water partition coefficient (Wildman–Crippen LogP) is 4.68. The van der Waals surface area contributed by atoms with Crippen LogP contribution in [0.15, 0.2) is 53.1 Å². The molecule has 1 aromatic heterocycles. The Bertz CT molecular complexity index is 1560. The van der Waals surface area contributed by atoms with Crippen LogP contribution in [0.25, 0.3) is 0 Å². The Morgan fingerprint density at radius 2 is 1.85 bits per heavy atom. The van der Waals surface area contributed by atoms with E-state index < -0.39 is 71.6 Å². The largest absolute Gasteiger partial charge is 0.412 e. The molecule has 1 saturated carbocycles. The molecule has 5 rings (SSSR count). The molecule has 1 unspecified atom stereocenters. The molecule has 41 heavy (non-hydrogen) atoms. The molecule has 2 N–H and O–H groups in total. The predicted molar refractivity (Wildman–Crippen MR) is 136 cm³/mol. The molecule has 2 fully saturated rings. The lowest BCUT2D eigenvalue weighted by atomic mass is 9.75. The fraction of sp³-hybridized carbons (Fsp3) is 0.296. The van der Waals surface area contributed by atoms with E-state index in [9.17, 15) is 37.2 Å². The fourth-order valence-electron chi connectivity index (χ4n) is 5.30. The summed E-state index contributed by atoms with van der Waals surface area (Å²) in [4.78, 5) is 46.3. The van der Waals surface area contributed by atoms with Gasteiger partial charge in [0.2, 0.25) is 17.6 Å². The highest BCUT2D eigenvalue weighted by molar-refractivity contribution is 6.32. The summed E-state index contributed by atoms with van der Waals surface area (Å²) in [5.41, 5.74) is -2.50. The molecule has 3 amide bonds. The Hall–Kier alpha value is -4.44. The average molecular weight is 590 g/mol. The number of nitriles is 1. The van der Waals surface area contributed by atoms with Crippen molar-refractivity contribution in [1.29, 1.82) is 5.26 Å². The number of halogens is 5. The van der Waals surface area contributed by atoms with Gasteiger partial charge >= 0.3 is 6.01 Å². The van der Waals surface area contributed by atoms with Gasteiger partial charge in [0, 0.05) is 42.1 Å². The molecule has 2 aromatic carbocycles. The van der Waals surface area contributed by atoms with Crippen LogP contribution in [-0.4, -0.2) is 40.2 Å². The average Bonchev–Trinajstić information content (AvgIpc) is 3.48. The number of alkyl halides is 2. The summed E-state index contributed by atoms with van der Waals surface area (Å²) in [5, 5.41) is 14.2. The van der Waals surface area contributed by atoms with Crippen molar-refractivity contribution in [2.24, 2.45) is 0 Å². The third kappa shape index (κ3) is 5.22. The van der Waals surface area contributed by atoms with Gasteiger partial charge in [-0.3, -0.25) is 14.4 Å². The van der Waals surface area contributed by atoms with Gasteiger partial charge in [-0.05, 0) is 30.2 Å². The van der Waals surface area contributed by atoms with Gasteiger partial charge in [0.1, 0.15) is 23.2 Å². The van der Waals surface area contributed by atoms with Crippen LogP contribution in [0.5, 0.6) is 0 Å². The highest BCUT2D eigenvalue weighted by Crippen LogP contribution is 2.48. The first kappa shape index (κ1) is 28.1. The summed E-state index contributed by atoms with van der Waals surface area (Å²) >= 11 is 6.48. The Labute approximate surface area is 235 Å². The molecule has 1 saturated heterocycles. The molecule has 212 valence electrons. The zero-order valence-electron chi connectivity index (χ0n) is 21.0. The Morgan fingerprint density at radius 3 is 2.46 bits per heavy atom. The normalized spacial score (nSPS) is 20.7. The number of benzene rings is 2. The molecule has 1 aliphatic carbocycles. The lowest BCUT2D eigenvalue weighted by Crippen LogP contribution is -2.63. The van der Waals surface area contributed by atoms with Crippen LogP contribution in [0.2, 0.25) is 5.02 Å². The van der Waals surface area contributed by atoms with E-state index in [0.717, 1.165) is 23.2 Å².